The minimum atomic E-state index is -0.622. The number of hydrogen-bond donors (Lipinski definition) is 1. The number of hydrogen-bond acceptors (Lipinski definition) is 5. The van der Waals surface area contributed by atoms with Crippen LogP contribution in [0.2, 0.25) is 0 Å². The van der Waals surface area contributed by atoms with E-state index in [9.17, 15) is 19.2 Å². The van der Waals surface area contributed by atoms with Gasteiger partial charge in [-0.05, 0) is 44.1 Å². The summed E-state index contributed by atoms with van der Waals surface area (Å²) >= 11 is 0. The standard InChI is InChI=1S/C19H23N5O4/c1-22-17(26)14(10-20-19(22)28)18(27)23-8-4-6-13(23)11-24-16(25)9-12-5-2-3-7-15(12)21-24/h9-10,13H,2-8,11H2,1H3,(H,20,28). The zero-order chi connectivity index (χ0) is 19.8. The van der Waals surface area contributed by atoms with Crippen LogP contribution in [0.1, 0.15) is 47.3 Å². The number of carbonyl (C=O) groups excluding carboxylic acids is 1. The molecule has 0 spiro atoms. The van der Waals surface area contributed by atoms with Gasteiger partial charge in [-0.2, -0.15) is 5.10 Å². The number of fused-ring (bicyclic) bond motifs is 1. The normalized spacial score (nSPS) is 18.9. The molecule has 1 aliphatic heterocycles. The number of amides is 1. The van der Waals surface area contributed by atoms with E-state index in [1.807, 2.05) is 0 Å². The largest absolute Gasteiger partial charge is 0.334 e. The summed E-state index contributed by atoms with van der Waals surface area (Å²) in [5, 5.41) is 4.54. The fraction of sp³-hybridized carbons (Fsp3) is 0.526. The second-order valence-corrected chi connectivity index (χ2v) is 7.51. The monoisotopic (exact) mass is 385 g/mol. The molecule has 9 heteroatoms. The molecule has 0 radical (unpaired) electrons. The van der Waals surface area contributed by atoms with E-state index < -0.39 is 17.2 Å². The lowest BCUT2D eigenvalue weighted by Gasteiger charge is -2.25. The minimum absolute atomic E-state index is 0.0697. The highest BCUT2D eigenvalue weighted by molar-refractivity contribution is 5.93. The van der Waals surface area contributed by atoms with Crippen molar-refractivity contribution in [2.75, 3.05) is 6.54 Å². The molecule has 1 atom stereocenters. The highest BCUT2D eigenvalue weighted by Gasteiger charge is 2.32. The van der Waals surface area contributed by atoms with E-state index in [-0.39, 0.29) is 17.2 Å². The maximum atomic E-state index is 12.9. The molecule has 1 saturated heterocycles. The predicted molar refractivity (Wildman–Crippen MR) is 102 cm³/mol. The van der Waals surface area contributed by atoms with Crippen LogP contribution in [-0.2, 0) is 26.4 Å². The van der Waals surface area contributed by atoms with E-state index in [4.69, 9.17) is 0 Å². The first-order chi connectivity index (χ1) is 13.5. The average molecular weight is 385 g/mol. The average Bonchev–Trinajstić information content (AvgIpc) is 3.14. The van der Waals surface area contributed by atoms with Crippen LogP contribution in [0.5, 0.6) is 0 Å². The molecule has 2 aliphatic rings. The second-order valence-electron chi connectivity index (χ2n) is 7.51. The Balaban J connectivity index is 1.60. The van der Waals surface area contributed by atoms with Crippen molar-refractivity contribution in [3.63, 3.8) is 0 Å². The van der Waals surface area contributed by atoms with Crippen molar-refractivity contribution in [2.45, 2.75) is 51.1 Å². The second kappa shape index (κ2) is 7.21. The van der Waals surface area contributed by atoms with Gasteiger partial charge < -0.3 is 9.88 Å². The molecule has 148 valence electrons. The Morgan fingerprint density at radius 1 is 1.21 bits per heavy atom. The van der Waals surface area contributed by atoms with Gasteiger partial charge in [-0.15, -0.1) is 0 Å². The van der Waals surface area contributed by atoms with E-state index in [0.717, 1.165) is 54.3 Å². The molecule has 2 aromatic heterocycles. The van der Waals surface area contributed by atoms with Gasteiger partial charge >= 0.3 is 5.69 Å². The molecular weight excluding hydrogens is 362 g/mol. The first-order valence-electron chi connectivity index (χ1n) is 9.65. The van der Waals surface area contributed by atoms with Gasteiger partial charge in [-0.3, -0.25) is 19.0 Å². The van der Waals surface area contributed by atoms with E-state index in [0.29, 0.717) is 13.1 Å². The first-order valence-corrected chi connectivity index (χ1v) is 9.65. The molecule has 9 nitrogen and oxygen atoms in total. The highest BCUT2D eigenvalue weighted by atomic mass is 16.2. The summed E-state index contributed by atoms with van der Waals surface area (Å²) in [6.45, 7) is 0.812. The summed E-state index contributed by atoms with van der Waals surface area (Å²) in [5.74, 6) is -0.426. The van der Waals surface area contributed by atoms with Crippen LogP contribution in [0.25, 0.3) is 0 Å². The molecule has 1 N–H and O–H groups in total. The van der Waals surface area contributed by atoms with Crippen LogP contribution in [0.15, 0.2) is 26.6 Å². The molecule has 0 bridgehead atoms. The summed E-state index contributed by atoms with van der Waals surface area (Å²) < 4.78 is 2.33. The lowest BCUT2D eigenvalue weighted by Crippen LogP contribution is -2.44. The minimum Gasteiger partial charge on any atom is -0.334 e. The van der Waals surface area contributed by atoms with Crippen molar-refractivity contribution >= 4 is 5.91 Å². The lowest BCUT2D eigenvalue weighted by molar-refractivity contribution is 0.0717. The third-order valence-corrected chi connectivity index (χ3v) is 5.71. The van der Waals surface area contributed by atoms with Crippen molar-refractivity contribution < 1.29 is 4.79 Å². The molecule has 0 aromatic carbocycles. The molecule has 1 unspecified atom stereocenters. The first kappa shape index (κ1) is 18.4. The molecule has 2 aromatic rings. The third-order valence-electron chi connectivity index (χ3n) is 5.71. The number of likely N-dealkylation sites (tertiary alicyclic amines) is 1. The molecular formula is C19H23N5O4. The Bertz CT molecular complexity index is 1100. The van der Waals surface area contributed by atoms with E-state index in [1.54, 1.807) is 11.0 Å². The molecule has 1 fully saturated rings. The Kier molecular flexibility index (Phi) is 4.74. The number of aryl methyl sites for hydroxylation is 2. The van der Waals surface area contributed by atoms with Crippen molar-refractivity contribution in [2.24, 2.45) is 7.05 Å². The van der Waals surface area contributed by atoms with Crippen LogP contribution in [-0.4, -0.2) is 42.7 Å². The van der Waals surface area contributed by atoms with Gasteiger partial charge in [0.1, 0.15) is 5.56 Å². The lowest BCUT2D eigenvalue weighted by atomic mass is 9.97. The predicted octanol–water partition coefficient (Wildman–Crippen LogP) is -0.186. The quantitative estimate of drug-likeness (QED) is 0.788. The Morgan fingerprint density at radius 2 is 2.00 bits per heavy atom. The topological polar surface area (TPSA) is 110 Å². The molecule has 4 rings (SSSR count). The van der Waals surface area contributed by atoms with Gasteiger partial charge in [0.05, 0.1) is 18.3 Å². The van der Waals surface area contributed by atoms with Gasteiger partial charge in [0.25, 0.3) is 17.0 Å². The van der Waals surface area contributed by atoms with Crippen molar-refractivity contribution in [3.05, 3.63) is 60.3 Å². The number of rotatable bonds is 3. The van der Waals surface area contributed by atoms with Gasteiger partial charge in [0.2, 0.25) is 0 Å². The summed E-state index contributed by atoms with van der Waals surface area (Å²) in [7, 11) is 1.33. The van der Waals surface area contributed by atoms with Crippen LogP contribution in [0.4, 0.5) is 0 Å². The van der Waals surface area contributed by atoms with Crippen LogP contribution in [0, 0.1) is 0 Å². The van der Waals surface area contributed by atoms with E-state index >= 15 is 0 Å². The number of nitrogens with zero attached hydrogens (tertiary/aromatic N) is 4. The summed E-state index contributed by atoms with van der Waals surface area (Å²) in [5.41, 5.74) is 0.590. The Hall–Kier alpha value is -2.97. The fourth-order valence-corrected chi connectivity index (χ4v) is 4.10. The summed E-state index contributed by atoms with van der Waals surface area (Å²) in [4.78, 5) is 53.3. The molecule has 1 aliphatic carbocycles. The maximum absolute atomic E-state index is 12.9. The number of aromatic amines is 1. The molecule has 1 amide bonds. The van der Waals surface area contributed by atoms with Gasteiger partial charge in [0.15, 0.2) is 0 Å². The van der Waals surface area contributed by atoms with Crippen molar-refractivity contribution in [1.29, 1.82) is 0 Å². The van der Waals surface area contributed by atoms with Crippen LogP contribution >= 0.6 is 0 Å². The van der Waals surface area contributed by atoms with Gasteiger partial charge in [0, 0.05) is 25.9 Å². The Labute approximate surface area is 160 Å². The highest BCUT2D eigenvalue weighted by Crippen LogP contribution is 2.21. The van der Waals surface area contributed by atoms with Crippen LogP contribution < -0.4 is 16.8 Å². The zero-order valence-corrected chi connectivity index (χ0v) is 15.8. The van der Waals surface area contributed by atoms with E-state index in [1.165, 1.54) is 17.9 Å². The number of aromatic nitrogens is 4. The smallest absolute Gasteiger partial charge is 0.328 e. The van der Waals surface area contributed by atoms with Gasteiger partial charge in [-0.25, -0.2) is 9.48 Å². The van der Waals surface area contributed by atoms with Crippen LogP contribution in [0.3, 0.4) is 0 Å². The maximum Gasteiger partial charge on any atom is 0.328 e. The SMILES string of the molecule is Cn1c(=O)[nH]cc(C(=O)N2CCCC2Cn2nc3c(cc2=O)CCCC3)c1=O. The Morgan fingerprint density at radius 3 is 2.82 bits per heavy atom. The molecule has 0 saturated carbocycles. The third kappa shape index (κ3) is 3.21. The number of nitrogens with one attached hydrogen (secondary N) is 1. The van der Waals surface area contributed by atoms with Crippen molar-refractivity contribution in [3.8, 4) is 0 Å². The van der Waals surface area contributed by atoms with Crippen molar-refractivity contribution in [1.82, 2.24) is 24.2 Å². The zero-order valence-electron chi connectivity index (χ0n) is 15.8. The number of carbonyl (C=O) groups is 1. The number of H-pyrrole nitrogens is 1. The fourth-order valence-electron chi connectivity index (χ4n) is 4.10. The van der Waals surface area contributed by atoms with Gasteiger partial charge in [-0.1, -0.05) is 0 Å². The summed E-state index contributed by atoms with van der Waals surface area (Å²) in [6.07, 6.45) is 6.61. The van der Waals surface area contributed by atoms with E-state index in [2.05, 4.69) is 10.1 Å². The summed E-state index contributed by atoms with van der Waals surface area (Å²) in [6, 6.07) is 1.45. The molecule has 3 heterocycles. The molecule has 28 heavy (non-hydrogen) atoms.